The molecule has 0 radical (unpaired) electrons. The molecule has 6 nitrogen and oxygen atoms in total. The molecule has 0 atom stereocenters. The summed E-state index contributed by atoms with van der Waals surface area (Å²) in [6.07, 6.45) is 1.64. The number of nitrogens with zero attached hydrogens (tertiary/aromatic N) is 1. The molecule has 2 aromatic rings. The van der Waals surface area contributed by atoms with E-state index < -0.39 is 15.8 Å². The van der Waals surface area contributed by atoms with Gasteiger partial charge < -0.3 is 9.64 Å². The molecular weight excluding hydrogens is 371 g/mol. The average molecular weight is 394 g/mol. The summed E-state index contributed by atoms with van der Waals surface area (Å²) in [6, 6.07) is 11.6. The van der Waals surface area contributed by atoms with Gasteiger partial charge in [0, 0.05) is 25.7 Å². The lowest BCUT2D eigenvalue weighted by molar-refractivity contribution is 0.0785. The molecule has 0 spiro atoms. The van der Waals surface area contributed by atoms with Crippen LogP contribution in [0.1, 0.15) is 21.5 Å². The fourth-order valence-electron chi connectivity index (χ4n) is 2.57. The van der Waals surface area contributed by atoms with Gasteiger partial charge in [0.2, 0.25) is 10.0 Å². The van der Waals surface area contributed by atoms with E-state index in [-0.39, 0.29) is 18.2 Å². The summed E-state index contributed by atoms with van der Waals surface area (Å²) in [6.45, 7) is 0.564. The molecule has 0 bridgehead atoms. The van der Waals surface area contributed by atoms with E-state index in [0.717, 1.165) is 11.8 Å². The first-order valence-electron chi connectivity index (χ1n) is 8.31. The topological polar surface area (TPSA) is 75.7 Å². The molecule has 2 aromatic carbocycles. The van der Waals surface area contributed by atoms with Crippen molar-refractivity contribution >= 4 is 15.9 Å². The van der Waals surface area contributed by atoms with Crippen molar-refractivity contribution in [1.29, 1.82) is 0 Å². The van der Waals surface area contributed by atoms with E-state index in [1.807, 2.05) is 0 Å². The Hall–Kier alpha value is -2.45. The zero-order valence-electron chi connectivity index (χ0n) is 15.5. The van der Waals surface area contributed by atoms with Crippen LogP contribution < -0.4 is 9.46 Å². The van der Waals surface area contributed by atoms with Crippen LogP contribution in [0.3, 0.4) is 0 Å². The van der Waals surface area contributed by atoms with Gasteiger partial charge in [-0.2, -0.15) is 0 Å². The van der Waals surface area contributed by atoms with Crippen molar-refractivity contribution < 1.29 is 22.3 Å². The number of hydrogen-bond acceptors (Lipinski definition) is 4. The zero-order chi connectivity index (χ0) is 20.0. The monoisotopic (exact) mass is 394 g/mol. The molecule has 0 aliphatic carbocycles. The van der Waals surface area contributed by atoms with E-state index in [9.17, 15) is 17.6 Å². The first-order valence-corrected chi connectivity index (χ1v) is 10.2. The number of rotatable bonds is 8. The van der Waals surface area contributed by atoms with Gasteiger partial charge in [-0.3, -0.25) is 4.79 Å². The number of amides is 1. The molecule has 0 aliphatic heterocycles. The minimum Gasteiger partial charge on any atom is -0.494 e. The van der Waals surface area contributed by atoms with Crippen molar-refractivity contribution in [2.75, 3.05) is 27.0 Å². The Morgan fingerprint density at radius 2 is 1.78 bits per heavy atom. The molecular formula is C19H23FN2O4S. The van der Waals surface area contributed by atoms with E-state index >= 15 is 0 Å². The highest BCUT2D eigenvalue weighted by molar-refractivity contribution is 7.88. The third-order valence-electron chi connectivity index (χ3n) is 3.96. The van der Waals surface area contributed by atoms with E-state index in [2.05, 4.69) is 4.72 Å². The maximum absolute atomic E-state index is 13.8. The van der Waals surface area contributed by atoms with E-state index in [0.29, 0.717) is 24.1 Å². The second kappa shape index (κ2) is 8.96. The average Bonchev–Trinajstić information content (AvgIpc) is 2.61. The predicted octanol–water partition coefficient (Wildman–Crippen LogP) is 2.20. The molecule has 2 rings (SSSR count). The summed E-state index contributed by atoms with van der Waals surface area (Å²) in [4.78, 5) is 14.0. The number of sulfonamides is 1. The second-order valence-corrected chi connectivity index (χ2v) is 8.08. The number of carbonyl (C=O) groups is 1. The number of ether oxygens (including phenoxy) is 1. The number of hydrogen-bond donors (Lipinski definition) is 1. The first kappa shape index (κ1) is 20.9. The zero-order valence-corrected chi connectivity index (χ0v) is 16.3. The van der Waals surface area contributed by atoms with Crippen molar-refractivity contribution in [2.45, 2.75) is 13.0 Å². The lowest BCUT2D eigenvalue weighted by Crippen LogP contribution is -2.26. The normalized spacial score (nSPS) is 11.3. The largest absolute Gasteiger partial charge is 0.494 e. The van der Waals surface area contributed by atoms with Crippen LogP contribution in [0.2, 0.25) is 0 Å². The SMILES string of the molecule is COc1ccc(CN(C)C(=O)c2ccc(CCNS(C)(=O)=O)cc2)cc1F. The van der Waals surface area contributed by atoms with E-state index in [1.54, 1.807) is 37.4 Å². The van der Waals surface area contributed by atoms with Gasteiger partial charge in [0.1, 0.15) is 0 Å². The predicted molar refractivity (Wildman–Crippen MR) is 102 cm³/mol. The van der Waals surface area contributed by atoms with Crippen LogP contribution in [-0.4, -0.2) is 46.2 Å². The lowest BCUT2D eigenvalue weighted by Gasteiger charge is -2.18. The smallest absolute Gasteiger partial charge is 0.253 e. The Kier molecular flexibility index (Phi) is 6.92. The maximum Gasteiger partial charge on any atom is 0.253 e. The molecule has 0 aliphatic rings. The minimum absolute atomic E-state index is 0.161. The summed E-state index contributed by atoms with van der Waals surface area (Å²) >= 11 is 0. The van der Waals surface area contributed by atoms with Crippen LogP contribution >= 0.6 is 0 Å². The highest BCUT2D eigenvalue weighted by Crippen LogP contribution is 2.19. The van der Waals surface area contributed by atoms with Crippen molar-refractivity contribution in [3.05, 3.63) is 65.0 Å². The van der Waals surface area contributed by atoms with Gasteiger partial charge in [-0.25, -0.2) is 17.5 Å². The third-order valence-corrected chi connectivity index (χ3v) is 4.69. The molecule has 1 N–H and O–H groups in total. The number of halogens is 1. The molecule has 0 aromatic heterocycles. The van der Waals surface area contributed by atoms with Gasteiger partial charge in [0.15, 0.2) is 11.6 Å². The second-order valence-electron chi connectivity index (χ2n) is 6.24. The van der Waals surface area contributed by atoms with Crippen molar-refractivity contribution in [1.82, 2.24) is 9.62 Å². The van der Waals surface area contributed by atoms with E-state index in [1.165, 1.54) is 24.1 Å². The van der Waals surface area contributed by atoms with Crippen LogP contribution in [0.25, 0.3) is 0 Å². The number of nitrogens with one attached hydrogen (secondary N) is 1. The Balaban J connectivity index is 1.97. The van der Waals surface area contributed by atoms with Crippen LogP contribution in [0.4, 0.5) is 4.39 Å². The minimum atomic E-state index is -3.21. The molecule has 0 fully saturated rings. The molecule has 146 valence electrons. The van der Waals surface area contributed by atoms with Crippen LogP contribution in [0.5, 0.6) is 5.75 Å². The van der Waals surface area contributed by atoms with Gasteiger partial charge in [-0.15, -0.1) is 0 Å². The summed E-state index contributed by atoms with van der Waals surface area (Å²) in [5, 5.41) is 0. The van der Waals surface area contributed by atoms with Gasteiger partial charge in [-0.05, 0) is 41.8 Å². The maximum atomic E-state index is 13.8. The molecule has 0 heterocycles. The number of benzene rings is 2. The summed E-state index contributed by atoms with van der Waals surface area (Å²) in [7, 11) is -0.165. The number of methoxy groups -OCH3 is 1. The van der Waals surface area contributed by atoms with E-state index in [4.69, 9.17) is 4.74 Å². The van der Waals surface area contributed by atoms with Gasteiger partial charge in [0.05, 0.1) is 13.4 Å². The van der Waals surface area contributed by atoms with Gasteiger partial charge in [-0.1, -0.05) is 18.2 Å². The Morgan fingerprint density at radius 3 is 2.33 bits per heavy atom. The summed E-state index contributed by atoms with van der Waals surface area (Å²) in [5.74, 6) is -0.497. The fraction of sp³-hybridized carbons (Fsp3) is 0.316. The van der Waals surface area contributed by atoms with Crippen molar-refractivity contribution in [3.63, 3.8) is 0 Å². The van der Waals surface area contributed by atoms with Gasteiger partial charge >= 0.3 is 0 Å². The van der Waals surface area contributed by atoms with Crippen LogP contribution in [-0.2, 0) is 23.0 Å². The van der Waals surface area contributed by atoms with Crippen LogP contribution in [0, 0.1) is 5.82 Å². The molecule has 1 amide bonds. The van der Waals surface area contributed by atoms with Crippen molar-refractivity contribution in [3.8, 4) is 5.75 Å². The molecule has 0 unspecified atom stereocenters. The Morgan fingerprint density at radius 1 is 1.15 bits per heavy atom. The highest BCUT2D eigenvalue weighted by atomic mass is 32.2. The van der Waals surface area contributed by atoms with Crippen LogP contribution in [0.15, 0.2) is 42.5 Å². The quantitative estimate of drug-likeness (QED) is 0.745. The summed E-state index contributed by atoms with van der Waals surface area (Å²) < 4.78 is 43.2. The highest BCUT2D eigenvalue weighted by Gasteiger charge is 2.13. The fourth-order valence-corrected chi connectivity index (χ4v) is 3.04. The lowest BCUT2D eigenvalue weighted by atomic mass is 10.1. The molecule has 0 saturated carbocycles. The molecule has 27 heavy (non-hydrogen) atoms. The Bertz CT molecular complexity index is 898. The third kappa shape index (κ3) is 6.33. The number of carbonyl (C=O) groups excluding carboxylic acids is 1. The Labute approximate surface area is 159 Å². The van der Waals surface area contributed by atoms with Crippen molar-refractivity contribution in [2.24, 2.45) is 0 Å². The molecule has 8 heteroatoms. The first-order chi connectivity index (χ1) is 12.7. The summed E-state index contributed by atoms with van der Waals surface area (Å²) in [5.41, 5.74) is 2.08. The van der Waals surface area contributed by atoms with Gasteiger partial charge in [0.25, 0.3) is 5.91 Å². The standard InChI is InChI=1S/C19H23FN2O4S/c1-22(13-15-6-9-18(26-2)17(20)12-15)19(23)16-7-4-14(5-8-16)10-11-21-27(3,24)25/h4-9,12,21H,10-11,13H2,1-3H3. The molecule has 0 saturated heterocycles.